The predicted octanol–water partition coefficient (Wildman–Crippen LogP) is 17.5. The molecule has 96 heavy (non-hydrogen) atoms. The molecule has 6 heterocycles. The predicted molar refractivity (Wildman–Crippen MR) is 382 cm³/mol. The lowest BCUT2D eigenvalue weighted by atomic mass is 9.65. The van der Waals surface area contributed by atoms with Crippen molar-refractivity contribution in [2.45, 2.75) is 152 Å². The molecule has 0 atom stereocenters. The standard InChI is InChI=1S/C84H92N6O6/c91-51-7-13-63-19-41-77(85-57-63)79-43-21-65(59-87-79)15-9-53-93-73-33-25-69(26-34-73)83(47-3-1-4-48-83)71-29-37-75(38-30-71)95-55-11-17-67-23-45-81(89-61-67)82-46-24-68(62-90-82)18-12-56-96-76-39-31-72(32-40-76)84(49-5-2-6-50-84)70-27-35-74(36-28-70)94-54-10-16-66-22-44-80(88-60-66)78-42-20-64(58-86-78)14-8-52-92/h19-46,57-62,91-92H,1-18,47-56H2. The van der Waals surface area contributed by atoms with Gasteiger partial charge in [-0.05, 0) is 243 Å². The number of hydrogen-bond donors (Lipinski definition) is 2. The van der Waals surface area contributed by atoms with Crippen molar-refractivity contribution in [2.75, 3.05) is 39.6 Å². The first-order chi connectivity index (χ1) is 47.4. The molecular formula is C84H92N6O6. The van der Waals surface area contributed by atoms with Crippen molar-refractivity contribution in [3.05, 3.63) is 263 Å². The first kappa shape index (κ1) is 66.9. The quantitative estimate of drug-likeness (QED) is 0.0376. The van der Waals surface area contributed by atoms with E-state index in [-0.39, 0.29) is 24.0 Å². The van der Waals surface area contributed by atoms with Crippen LogP contribution >= 0.6 is 0 Å². The third-order valence-electron chi connectivity index (χ3n) is 19.5. The van der Waals surface area contributed by atoms with Gasteiger partial charge in [-0.2, -0.15) is 0 Å². The van der Waals surface area contributed by atoms with Gasteiger partial charge in [-0.1, -0.05) is 123 Å². The van der Waals surface area contributed by atoms with Crippen LogP contribution in [-0.2, 0) is 49.4 Å². The Bertz CT molecular complexity index is 3650. The summed E-state index contributed by atoms with van der Waals surface area (Å²) < 4.78 is 25.1. The maximum Gasteiger partial charge on any atom is 0.119 e. The zero-order valence-corrected chi connectivity index (χ0v) is 55.6. The summed E-state index contributed by atoms with van der Waals surface area (Å²) in [5.74, 6) is 3.62. The molecule has 0 spiro atoms. The van der Waals surface area contributed by atoms with Crippen LogP contribution in [0.25, 0.3) is 34.2 Å². The molecule has 0 bridgehead atoms. The molecule has 10 aromatic rings. The van der Waals surface area contributed by atoms with E-state index in [2.05, 4.69) is 166 Å². The SMILES string of the molecule is OCCCc1ccc(-c2ccc(CCCOc3ccc(C4(c5ccc(OCCCc6ccc(-c7ccc(CCCOc8ccc(C9(c%10ccc(OCCCc%11ccc(-c%12ccc(CCCO)cn%12)nc%11)cc%10)CCCCC9)cc8)cn7)nc6)cc5)CCCCC4)cc3)cn2)nc1. The molecule has 0 unspecified atom stereocenters. The van der Waals surface area contributed by atoms with Gasteiger partial charge in [0, 0.05) is 61.2 Å². The van der Waals surface area contributed by atoms with Crippen molar-refractivity contribution in [1.29, 1.82) is 0 Å². The zero-order chi connectivity index (χ0) is 65.5. The van der Waals surface area contributed by atoms with Gasteiger partial charge >= 0.3 is 0 Å². The van der Waals surface area contributed by atoms with Crippen LogP contribution in [0.4, 0.5) is 0 Å². The van der Waals surface area contributed by atoms with Crippen LogP contribution in [0.3, 0.4) is 0 Å². The van der Waals surface area contributed by atoms with Crippen molar-refractivity contribution < 1.29 is 29.2 Å². The minimum Gasteiger partial charge on any atom is -0.494 e. The van der Waals surface area contributed by atoms with E-state index in [0.717, 1.165) is 171 Å². The lowest BCUT2D eigenvalue weighted by molar-refractivity contribution is 0.288. The van der Waals surface area contributed by atoms with Gasteiger partial charge in [0.25, 0.3) is 0 Å². The third-order valence-corrected chi connectivity index (χ3v) is 19.5. The average molecular weight is 1280 g/mol. The van der Waals surface area contributed by atoms with Crippen molar-refractivity contribution in [3.8, 4) is 57.2 Å². The lowest BCUT2D eigenvalue weighted by Gasteiger charge is -2.38. The molecule has 2 N–H and O–H groups in total. The van der Waals surface area contributed by atoms with Gasteiger partial charge in [0.2, 0.25) is 0 Å². The Morgan fingerprint density at radius 3 is 0.646 bits per heavy atom. The second kappa shape index (κ2) is 34.0. The van der Waals surface area contributed by atoms with E-state index in [1.807, 2.05) is 61.4 Å². The fourth-order valence-electron chi connectivity index (χ4n) is 14.1. The molecule has 0 aliphatic heterocycles. The number of aromatic nitrogens is 6. The van der Waals surface area contributed by atoms with E-state index in [1.165, 1.54) is 83.0 Å². The summed E-state index contributed by atoms with van der Waals surface area (Å²) in [6.45, 7) is 2.93. The van der Waals surface area contributed by atoms with Crippen molar-refractivity contribution in [1.82, 2.24) is 29.9 Å². The number of aliphatic hydroxyl groups excluding tert-OH is 2. The molecule has 2 aliphatic carbocycles. The molecule has 2 saturated carbocycles. The van der Waals surface area contributed by atoms with Crippen LogP contribution in [0.15, 0.2) is 207 Å². The smallest absolute Gasteiger partial charge is 0.119 e. The highest BCUT2D eigenvalue weighted by atomic mass is 16.5. The summed E-state index contributed by atoms with van der Waals surface area (Å²) in [5.41, 5.74) is 17.6. The molecular weight excluding hydrogens is 1190 g/mol. The van der Waals surface area contributed by atoms with Crippen molar-refractivity contribution in [2.24, 2.45) is 0 Å². The number of pyridine rings is 6. The summed E-state index contributed by atoms with van der Waals surface area (Å²) >= 11 is 0. The lowest BCUT2D eigenvalue weighted by Crippen LogP contribution is -2.30. The second-order valence-corrected chi connectivity index (χ2v) is 26.2. The monoisotopic (exact) mass is 1280 g/mol. The fraction of sp³-hybridized carbons (Fsp3) is 0.357. The van der Waals surface area contributed by atoms with Crippen LogP contribution in [0.5, 0.6) is 23.0 Å². The molecule has 2 aliphatic rings. The van der Waals surface area contributed by atoms with Crippen LogP contribution in [-0.4, -0.2) is 79.8 Å². The van der Waals surface area contributed by atoms with Crippen LogP contribution in [0.2, 0.25) is 0 Å². The van der Waals surface area contributed by atoms with E-state index >= 15 is 0 Å². The van der Waals surface area contributed by atoms with Crippen LogP contribution < -0.4 is 18.9 Å². The highest BCUT2D eigenvalue weighted by Crippen LogP contribution is 2.47. The normalized spacial score (nSPS) is 14.2. The van der Waals surface area contributed by atoms with E-state index in [4.69, 9.17) is 39.1 Å². The number of aryl methyl sites for hydroxylation is 6. The maximum atomic E-state index is 9.12. The number of ether oxygens (including phenoxy) is 4. The zero-order valence-electron chi connectivity index (χ0n) is 55.6. The molecule has 0 radical (unpaired) electrons. The van der Waals surface area contributed by atoms with E-state index in [9.17, 15) is 0 Å². The molecule has 12 rings (SSSR count). The Morgan fingerprint density at radius 2 is 0.458 bits per heavy atom. The number of benzene rings is 4. The molecule has 494 valence electrons. The minimum atomic E-state index is -0.0173. The van der Waals surface area contributed by atoms with E-state index in [1.54, 1.807) is 0 Å². The molecule has 0 amide bonds. The van der Waals surface area contributed by atoms with Gasteiger partial charge in [-0.25, -0.2) is 0 Å². The fourth-order valence-corrected chi connectivity index (χ4v) is 14.1. The van der Waals surface area contributed by atoms with Gasteiger partial charge in [0.05, 0.1) is 60.6 Å². The highest BCUT2D eigenvalue weighted by Gasteiger charge is 2.37. The van der Waals surface area contributed by atoms with Gasteiger partial charge in [0.15, 0.2) is 0 Å². The maximum absolute atomic E-state index is 9.12. The minimum absolute atomic E-state index is 0.0173. The van der Waals surface area contributed by atoms with E-state index < -0.39 is 0 Å². The Kier molecular flexibility index (Phi) is 23.7. The summed E-state index contributed by atoms with van der Waals surface area (Å²) in [7, 11) is 0. The molecule has 4 aromatic carbocycles. The van der Waals surface area contributed by atoms with Gasteiger partial charge in [0.1, 0.15) is 23.0 Å². The first-order valence-electron chi connectivity index (χ1n) is 35.3. The Hall–Kier alpha value is -9.10. The van der Waals surface area contributed by atoms with Crippen LogP contribution in [0, 0.1) is 0 Å². The summed E-state index contributed by atoms with van der Waals surface area (Å²) in [5, 5.41) is 18.2. The van der Waals surface area contributed by atoms with E-state index in [0.29, 0.717) is 26.4 Å². The summed E-state index contributed by atoms with van der Waals surface area (Å²) in [6.07, 6.45) is 33.8. The third kappa shape index (κ3) is 17.9. The number of aliphatic hydroxyl groups is 2. The average Bonchev–Trinajstić information content (AvgIpc) is 0.784. The second-order valence-electron chi connectivity index (χ2n) is 26.2. The number of nitrogens with zero attached hydrogens (tertiary/aromatic N) is 6. The Morgan fingerprint density at radius 1 is 0.250 bits per heavy atom. The van der Waals surface area contributed by atoms with Gasteiger partial charge in [-0.3, -0.25) is 29.9 Å². The topological polar surface area (TPSA) is 155 Å². The van der Waals surface area contributed by atoms with Crippen molar-refractivity contribution in [3.63, 3.8) is 0 Å². The summed E-state index contributed by atoms with van der Waals surface area (Å²) in [6, 6.07) is 60.4. The van der Waals surface area contributed by atoms with Crippen LogP contribution in [0.1, 0.15) is 158 Å². The largest absolute Gasteiger partial charge is 0.494 e. The highest BCUT2D eigenvalue weighted by molar-refractivity contribution is 5.56. The Labute approximate surface area is 567 Å². The summed E-state index contributed by atoms with van der Waals surface area (Å²) in [4.78, 5) is 28.1. The number of rotatable bonds is 33. The van der Waals surface area contributed by atoms with Crippen molar-refractivity contribution >= 4 is 0 Å². The van der Waals surface area contributed by atoms with Gasteiger partial charge < -0.3 is 29.2 Å². The number of hydrogen-bond acceptors (Lipinski definition) is 12. The molecule has 12 heteroatoms. The molecule has 12 nitrogen and oxygen atoms in total. The first-order valence-corrected chi connectivity index (χ1v) is 35.3. The van der Waals surface area contributed by atoms with Gasteiger partial charge in [-0.15, -0.1) is 0 Å². The molecule has 6 aromatic heterocycles. The Balaban J connectivity index is 0.537. The molecule has 0 saturated heterocycles. The molecule has 2 fully saturated rings.